The van der Waals surface area contributed by atoms with Gasteiger partial charge in [-0.25, -0.2) is 0 Å². The van der Waals surface area contributed by atoms with E-state index in [1.165, 1.54) is 8.92 Å². The van der Waals surface area contributed by atoms with Crippen molar-refractivity contribution < 1.29 is 0 Å². The van der Waals surface area contributed by atoms with Gasteiger partial charge in [0.25, 0.3) is 0 Å². The van der Waals surface area contributed by atoms with Gasteiger partial charge in [0.15, 0.2) is 0 Å². The molecule has 0 aromatic heterocycles. The quantitative estimate of drug-likeness (QED) is 0.762. The monoisotopic (exact) mass is 339 g/mol. The normalized spacial score (nSPS) is 9.69. The van der Waals surface area contributed by atoms with Crippen LogP contribution in [0, 0.1) is 11.3 Å². The molecule has 16 heavy (non-hydrogen) atoms. The van der Waals surface area contributed by atoms with Crippen molar-refractivity contribution >= 4 is 35.2 Å². The Labute approximate surface area is 106 Å². The summed E-state index contributed by atoms with van der Waals surface area (Å²) in [6, 6.07) is 20.7. The fourth-order valence-electron chi connectivity index (χ4n) is 1.16. The predicted octanol–water partition coefficient (Wildman–Crippen LogP) is 0.832. The van der Waals surface area contributed by atoms with Crippen LogP contribution in [0.3, 0.4) is 0 Å². The SMILES string of the molecule is N#Cc1ccc([Se][Se]c2ccccc2)cc1. The zero-order valence-corrected chi connectivity index (χ0v) is 11.9. The Morgan fingerprint density at radius 1 is 0.750 bits per heavy atom. The maximum atomic E-state index is 8.70. The zero-order valence-electron chi connectivity index (χ0n) is 8.46. The first-order valence-electron chi connectivity index (χ1n) is 4.78. The molecule has 0 aliphatic carbocycles. The summed E-state index contributed by atoms with van der Waals surface area (Å²) in [5.74, 6) is 0. The summed E-state index contributed by atoms with van der Waals surface area (Å²) in [4.78, 5) is 0. The minimum atomic E-state index is 0.516. The molecule has 0 amide bonds. The van der Waals surface area contributed by atoms with E-state index in [2.05, 4.69) is 42.5 Å². The van der Waals surface area contributed by atoms with E-state index < -0.39 is 0 Å². The Balaban J connectivity index is 1.98. The van der Waals surface area contributed by atoms with E-state index in [0.717, 1.165) is 5.56 Å². The van der Waals surface area contributed by atoms with Crippen molar-refractivity contribution in [3.63, 3.8) is 0 Å². The molecule has 0 spiro atoms. The number of hydrogen-bond donors (Lipinski definition) is 0. The zero-order chi connectivity index (χ0) is 11.2. The van der Waals surface area contributed by atoms with Gasteiger partial charge in [-0.3, -0.25) is 0 Å². The average Bonchev–Trinajstić information content (AvgIpc) is 2.38. The molecule has 2 rings (SSSR count). The van der Waals surface area contributed by atoms with Crippen LogP contribution >= 0.6 is 0 Å². The van der Waals surface area contributed by atoms with Crippen LogP contribution in [0.1, 0.15) is 5.56 Å². The summed E-state index contributed by atoms with van der Waals surface area (Å²) in [6.07, 6.45) is 0. The van der Waals surface area contributed by atoms with Gasteiger partial charge in [-0.05, 0) is 0 Å². The van der Waals surface area contributed by atoms with Crippen molar-refractivity contribution in [3.05, 3.63) is 60.2 Å². The van der Waals surface area contributed by atoms with E-state index >= 15 is 0 Å². The predicted molar refractivity (Wildman–Crippen MR) is 68.4 cm³/mol. The standard InChI is InChI=1S/C13H9NSe2/c14-10-11-6-8-13(9-7-11)16-15-12-4-2-1-3-5-12/h1-9H. The summed E-state index contributed by atoms with van der Waals surface area (Å²) in [5, 5.41) is 8.70. The molecule has 0 fully saturated rings. The van der Waals surface area contributed by atoms with Crippen LogP contribution < -0.4 is 8.92 Å². The van der Waals surface area contributed by atoms with Crippen molar-refractivity contribution in [2.75, 3.05) is 0 Å². The van der Waals surface area contributed by atoms with E-state index in [0.29, 0.717) is 26.3 Å². The van der Waals surface area contributed by atoms with Crippen LogP contribution in [-0.2, 0) is 0 Å². The van der Waals surface area contributed by atoms with Crippen molar-refractivity contribution in [1.82, 2.24) is 0 Å². The summed E-state index contributed by atoms with van der Waals surface area (Å²) < 4.78 is 2.81. The molecule has 0 aliphatic rings. The van der Waals surface area contributed by atoms with Crippen LogP contribution in [0.15, 0.2) is 54.6 Å². The Morgan fingerprint density at radius 2 is 1.31 bits per heavy atom. The third kappa shape index (κ3) is 3.23. The van der Waals surface area contributed by atoms with E-state index in [1.54, 1.807) is 0 Å². The number of rotatable bonds is 3. The Morgan fingerprint density at radius 3 is 1.88 bits per heavy atom. The topological polar surface area (TPSA) is 23.8 Å². The first-order chi connectivity index (χ1) is 7.88. The number of nitriles is 1. The second-order valence-corrected chi connectivity index (χ2v) is 9.43. The Kier molecular flexibility index (Phi) is 4.22. The first-order valence-corrected chi connectivity index (χ1v) is 10.8. The fourth-order valence-corrected chi connectivity index (χ4v) is 7.16. The molecule has 0 saturated heterocycles. The van der Waals surface area contributed by atoms with Gasteiger partial charge in [0.1, 0.15) is 0 Å². The van der Waals surface area contributed by atoms with E-state index in [-0.39, 0.29) is 0 Å². The molecule has 0 unspecified atom stereocenters. The van der Waals surface area contributed by atoms with Crippen LogP contribution in [0.4, 0.5) is 0 Å². The van der Waals surface area contributed by atoms with E-state index in [1.807, 2.05) is 18.2 Å². The molecule has 0 bridgehead atoms. The van der Waals surface area contributed by atoms with E-state index in [4.69, 9.17) is 5.26 Å². The Hall–Kier alpha value is -1.03. The van der Waals surface area contributed by atoms with Gasteiger partial charge in [-0.15, -0.1) is 0 Å². The van der Waals surface area contributed by atoms with Gasteiger partial charge in [-0.2, -0.15) is 0 Å². The van der Waals surface area contributed by atoms with Gasteiger partial charge < -0.3 is 0 Å². The summed E-state index contributed by atoms with van der Waals surface area (Å²) in [5.41, 5.74) is 0.742. The first kappa shape index (κ1) is 11.5. The molecular weight excluding hydrogens is 328 g/mol. The maximum absolute atomic E-state index is 8.70. The second-order valence-electron chi connectivity index (χ2n) is 3.12. The fraction of sp³-hybridized carbons (Fsp3) is 0. The number of benzene rings is 2. The van der Waals surface area contributed by atoms with Gasteiger partial charge in [0.05, 0.1) is 0 Å². The average molecular weight is 337 g/mol. The van der Waals surface area contributed by atoms with Crippen LogP contribution in [0.25, 0.3) is 0 Å². The van der Waals surface area contributed by atoms with Gasteiger partial charge in [-0.1, -0.05) is 0 Å². The van der Waals surface area contributed by atoms with E-state index in [9.17, 15) is 0 Å². The van der Waals surface area contributed by atoms with Crippen LogP contribution in [-0.4, -0.2) is 26.3 Å². The van der Waals surface area contributed by atoms with Crippen molar-refractivity contribution in [3.8, 4) is 6.07 Å². The second kappa shape index (κ2) is 5.89. The van der Waals surface area contributed by atoms with Crippen LogP contribution in [0.2, 0.25) is 0 Å². The molecule has 0 N–H and O–H groups in total. The molecule has 0 radical (unpaired) electrons. The number of hydrogen-bond acceptors (Lipinski definition) is 1. The molecule has 0 heterocycles. The molecule has 3 heteroatoms. The third-order valence-corrected chi connectivity index (χ3v) is 9.19. The van der Waals surface area contributed by atoms with Gasteiger partial charge in [0, 0.05) is 0 Å². The molecule has 1 nitrogen and oxygen atoms in total. The van der Waals surface area contributed by atoms with Crippen molar-refractivity contribution in [1.29, 1.82) is 5.26 Å². The third-order valence-electron chi connectivity index (χ3n) is 1.96. The molecule has 0 aliphatic heterocycles. The molecule has 78 valence electrons. The van der Waals surface area contributed by atoms with Crippen LogP contribution in [0.5, 0.6) is 0 Å². The molecule has 2 aromatic rings. The number of nitrogens with zero attached hydrogens (tertiary/aromatic N) is 1. The molecule has 0 saturated carbocycles. The molecular formula is C13H9NSe2. The minimum absolute atomic E-state index is 0.516. The summed E-state index contributed by atoms with van der Waals surface area (Å²) in [6.45, 7) is 0. The summed E-state index contributed by atoms with van der Waals surface area (Å²) >= 11 is 1.06. The van der Waals surface area contributed by atoms with Gasteiger partial charge >= 0.3 is 107 Å². The van der Waals surface area contributed by atoms with Crippen molar-refractivity contribution in [2.24, 2.45) is 0 Å². The molecule has 0 atom stereocenters. The van der Waals surface area contributed by atoms with Crippen molar-refractivity contribution in [2.45, 2.75) is 0 Å². The Bertz CT molecular complexity index is 486. The summed E-state index contributed by atoms with van der Waals surface area (Å²) in [7, 11) is 0. The molecule has 2 aromatic carbocycles. The van der Waals surface area contributed by atoms with Gasteiger partial charge in [0.2, 0.25) is 0 Å².